The van der Waals surface area contributed by atoms with Crippen molar-refractivity contribution in [3.8, 4) is 17.6 Å². The van der Waals surface area contributed by atoms with Gasteiger partial charge in [-0.25, -0.2) is 4.98 Å². The fourth-order valence-corrected chi connectivity index (χ4v) is 4.88. The van der Waals surface area contributed by atoms with Crippen molar-refractivity contribution in [1.29, 1.82) is 5.26 Å². The van der Waals surface area contributed by atoms with Crippen molar-refractivity contribution in [2.45, 2.75) is 12.8 Å². The summed E-state index contributed by atoms with van der Waals surface area (Å²) in [7, 11) is 3.57. The smallest absolute Gasteiger partial charge is 0.163 e. The van der Waals surface area contributed by atoms with E-state index < -0.39 is 0 Å². The van der Waals surface area contributed by atoms with E-state index in [-0.39, 0.29) is 0 Å². The molecule has 0 spiro atoms. The molecule has 1 aliphatic rings. The number of aryl methyl sites for hydroxylation is 1. The average molecular weight is 547 g/mol. The first-order valence-corrected chi connectivity index (χ1v) is 13.3. The largest absolute Gasteiger partial charge is 0.493 e. The Bertz CT molecular complexity index is 1490. The minimum absolute atomic E-state index is 0.414. The van der Waals surface area contributed by atoms with Crippen molar-refractivity contribution in [3.05, 3.63) is 70.9 Å². The highest BCUT2D eigenvalue weighted by molar-refractivity contribution is 6.31. The van der Waals surface area contributed by atoms with E-state index in [0.717, 1.165) is 61.7 Å². The van der Waals surface area contributed by atoms with E-state index in [0.29, 0.717) is 46.3 Å². The number of rotatable bonds is 10. The number of ether oxygens (including phenoxy) is 3. The summed E-state index contributed by atoms with van der Waals surface area (Å²) in [6.07, 6.45) is 6.76. The summed E-state index contributed by atoms with van der Waals surface area (Å²) < 4.78 is 19.1. The van der Waals surface area contributed by atoms with Crippen LogP contribution in [-0.4, -0.2) is 66.0 Å². The number of fused-ring (bicyclic) bond motifs is 1. The van der Waals surface area contributed by atoms with E-state index in [1.165, 1.54) is 0 Å². The number of morpholine rings is 1. The van der Waals surface area contributed by atoms with Gasteiger partial charge in [0, 0.05) is 73.9 Å². The molecule has 0 amide bonds. The Morgan fingerprint density at radius 1 is 1.15 bits per heavy atom. The summed E-state index contributed by atoms with van der Waals surface area (Å²) in [5, 5.41) is 14.6. The molecule has 202 valence electrons. The van der Waals surface area contributed by atoms with Crippen LogP contribution >= 0.6 is 11.6 Å². The lowest BCUT2D eigenvalue weighted by atomic mass is 10.1. The topological polar surface area (TPSA) is 97.5 Å². The third-order valence-electron chi connectivity index (χ3n) is 6.85. The molecule has 0 radical (unpaired) electrons. The lowest BCUT2D eigenvalue weighted by Crippen LogP contribution is -2.37. The van der Waals surface area contributed by atoms with Gasteiger partial charge in [-0.15, -0.1) is 0 Å². The van der Waals surface area contributed by atoms with E-state index >= 15 is 0 Å². The van der Waals surface area contributed by atoms with Crippen LogP contribution in [0.5, 0.6) is 11.5 Å². The van der Waals surface area contributed by atoms with Gasteiger partial charge in [-0.05, 0) is 30.2 Å². The predicted octanol–water partition coefficient (Wildman–Crippen LogP) is 4.94. The third kappa shape index (κ3) is 6.25. The fraction of sp³-hybridized carbons (Fsp3) is 0.345. The predicted molar refractivity (Wildman–Crippen MR) is 151 cm³/mol. The number of nitrogens with one attached hydrogen (secondary N) is 1. The Morgan fingerprint density at radius 2 is 2.00 bits per heavy atom. The molecule has 2 aromatic heterocycles. The monoisotopic (exact) mass is 546 g/mol. The van der Waals surface area contributed by atoms with Gasteiger partial charge in [0.15, 0.2) is 11.5 Å². The molecule has 0 saturated carbocycles. The highest BCUT2D eigenvalue weighted by atomic mass is 35.5. The van der Waals surface area contributed by atoms with E-state index in [2.05, 4.69) is 26.3 Å². The molecule has 0 bridgehead atoms. The van der Waals surface area contributed by atoms with Crippen LogP contribution in [0.25, 0.3) is 10.9 Å². The number of hydrogen-bond donors (Lipinski definition) is 1. The average Bonchev–Trinajstić information content (AvgIpc) is 3.36. The maximum absolute atomic E-state index is 9.82. The number of aromatic nitrogens is 3. The van der Waals surface area contributed by atoms with Gasteiger partial charge in [-0.3, -0.25) is 9.88 Å². The van der Waals surface area contributed by atoms with Crippen LogP contribution in [0.15, 0.2) is 48.9 Å². The lowest BCUT2D eigenvalue weighted by molar-refractivity contribution is 0.0357. The van der Waals surface area contributed by atoms with Crippen LogP contribution in [0, 0.1) is 11.3 Å². The first kappa shape index (κ1) is 26.8. The number of imidazole rings is 1. The molecule has 39 heavy (non-hydrogen) atoms. The summed E-state index contributed by atoms with van der Waals surface area (Å²) in [4.78, 5) is 11.3. The number of nitrogens with zero attached hydrogens (tertiary/aromatic N) is 5. The minimum atomic E-state index is 0.414. The first-order chi connectivity index (χ1) is 19.1. The molecule has 3 heterocycles. The standard InChI is InChI=1S/C29H31ClN6O3/c1-35-8-6-32-28(35)14-20-4-5-22(15-24(20)30)34-29-21(18-31)19-33-25-17-27(26(37-2)16-23(25)29)39-11-3-7-36-9-12-38-13-10-36/h4-6,8,15-17,19H,3,7,9-14H2,1-2H3,(H,33,34). The molecule has 1 N–H and O–H groups in total. The van der Waals surface area contributed by atoms with Crippen LogP contribution in [0.1, 0.15) is 23.4 Å². The second-order valence-electron chi connectivity index (χ2n) is 9.40. The minimum Gasteiger partial charge on any atom is -0.493 e. The van der Waals surface area contributed by atoms with E-state index in [9.17, 15) is 5.26 Å². The maximum Gasteiger partial charge on any atom is 0.163 e. The molecule has 1 fully saturated rings. The molecule has 4 aromatic rings. The van der Waals surface area contributed by atoms with Gasteiger partial charge >= 0.3 is 0 Å². The van der Waals surface area contributed by atoms with Crippen molar-refractivity contribution >= 4 is 33.9 Å². The Hall–Kier alpha value is -3.84. The summed E-state index contributed by atoms with van der Waals surface area (Å²) in [5.74, 6) is 2.13. The zero-order valence-corrected chi connectivity index (χ0v) is 22.9. The molecule has 1 aliphatic heterocycles. The fourth-order valence-electron chi connectivity index (χ4n) is 4.64. The second-order valence-corrected chi connectivity index (χ2v) is 9.80. The molecule has 0 unspecified atom stereocenters. The van der Waals surface area contributed by atoms with Crippen molar-refractivity contribution in [1.82, 2.24) is 19.4 Å². The number of anilines is 2. The van der Waals surface area contributed by atoms with Crippen LogP contribution in [0.3, 0.4) is 0 Å². The Morgan fingerprint density at radius 3 is 2.72 bits per heavy atom. The lowest BCUT2D eigenvalue weighted by Gasteiger charge is -2.26. The highest BCUT2D eigenvalue weighted by Crippen LogP contribution is 2.37. The molecule has 0 aliphatic carbocycles. The number of halogens is 1. The number of methoxy groups -OCH3 is 1. The molecule has 9 nitrogen and oxygen atoms in total. The maximum atomic E-state index is 9.82. The number of benzene rings is 2. The zero-order valence-electron chi connectivity index (χ0n) is 22.1. The first-order valence-electron chi connectivity index (χ1n) is 12.9. The van der Waals surface area contributed by atoms with Crippen molar-refractivity contribution in [3.63, 3.8) is 0 Å². The normalized spacial score (nSPS) is 13.8. The second kappa shape index (κ2) is 12.3. The van der Waals surface area contributed by atoms with E-state index in [1.807, 2.05) is 48.1 Å². The Balaban J connectivity index is 1.35. The number of nitriles is 1. The molecular formula is C29H31ClN6O3. The summed E-state index contributed by atoms with van der Waals surface area (Å²) in [6, 6.07) is 11.7. The third-order valence-corrected chi connectivity index (χ3v) is 7.20. The van der Waals surface area contributed by atoms with E-state index in [1.54, 1.807) is 19.5 Å². The van der Waals surface area contributed by atoms with Gasteiger partial charge in [0.1, 0.15) is 11.9 Å². The van der Waals surface area contributed by atoms with Crippen molar-refractivity contribution in [2.75, 3.05) is 51.9 Å². The van der Waals surface area contributed by atoms with Crippen molar-refractivity contribution in [2.24, 2.45) is 7.05 Å². The molecular weight excluding hydrogens is 516 g/mol. The molecule has 10 heteroatoms. The summed E-state index contributed by atoms with van der Waals surface area (Å²) in [5.41, 5.74) is 3.46. The summed E-state index contributed by atoms with van der Waals surface area (Å²) in [6.45, 7) is 5.00. The highest BCUT2D eigenvalue weighted by Gasteiger charge is 2.16. The molecule has 2 aromatic carbocycles. The zero-order chi connectivity index (χ0) is 27.2. The van der Waals surface area contributed by atoms with Crippen LogP contribution in [0.4, 0.5) is 11.4 Å². The summed E-state index contributed by atoms with van der Waals surface area (Å²) >= 11 is 6.64. The van der Waals surface area contributed by atoms with E-state index in [4.69, 9.17) is 25.8 Å². The van der Waals surface area contributed by atoms with Gasteiger partial charge < -0.3 is 24.1 Å². The van der Waals surface area contributed by atoms with Gasteiger partial charge in [0.2, 0.25) is 0 Å². The Kier molecular flexibility index (Phi) is 8.47. The number of pyridine rings is 1. The van der Waals surface area contributed by atoms with Crippen LogP contribution in [-0.2, 0) is 18.2 Å². The van der Waals surface area contributed by atoms with Crippen molar-refractivity contribution < 1.29 is 14.2 Å². The molecule has 5 rings (SSSR count). The Labute approximate surface area is 232 Å². The van der Waals surface area contributed by atoms with Gasteiger partial charge in [-0.2, -0.15) is 5.26 Å². The van der Waals surface area contributed by atoms with Gasteiger partial charge in [0.25, 0.3) is 0 Å². The molecule has 1 saturated heterocycles. The molecule has 0 atom stereocenters. The van der Waals surface area contributed by atoms with Crippen LogP contribution in [0.2, 0.25) is 5.02 Å². The number of hydrogen-bond acceptors (Lipinski definition) is 8. The quantitative estimate of drug-likeness (QED) is 0.279. The van der Waals surface area contributed by atoms with Gasteiger partial charge in [0.05, 0.1) is 43.7 Å². The SMILES string of the molecule is COc1cc2c(Nc3ccc(Cc4nccn4C)c(Cl)c3)c(C#N)cnc2cc1OCCCN1CCOCC1. The van der Waals surface area contributed by atoms with Crippen LogP contribution < -0.4 is 14.8 Å². The van der Waals surface area contributed by atoms with Gasteiger partial charge in [-0.1, -0.05) is 17.7 Å².